The van der Waals surface area contributed by atoms with Crippen molar-refractivity contribution in [2.75, 3.05) is 10.5 Å². The monoisotopic (exact) mass is 287 g/mol. The minimum atomic E-state index is -3.84. The highest BCUT2D eigenvalue weighted by molar-refractivity contribution is 7.92. The SMILES string of the molecule is Cn1ncnc1NS(=O)(=O)c1cc(N)ccc1Cl. The van der Waals surface area contributed by atoms with Crippen molar-refractivity contribution in [1.29, 1.82) is 0 Å². The van der Waals surface area contributed by atoms with Gasteiger partial charge in [0, 0.05) is 12.7 Å². The normalized spacial score (nSPS) is 11.4. The summed E-state index contributed by atoms with van der Waals surface area (Å²) < 4.78 is 27.7. The Morgan fingerprint density at radius 3 is 2.78 bits per heavy atom. The molecule has 0 aliphatic rings. The van der Waals surface area contributed by atoms with Crippen LogP contribution < -0.4 is 10.5 Å². The standard InChI is InChI=1S/C9H10ClN5O2S/c1-15-9(12-5-13-15)14-18(16,17)8-4-6(11)2-3-7(8)10/h2-5H,11H2,1H3,(H,12,13,14). The van der Waals surface area contributed by atoms with Gasteiger partial charge >= 0.3 is 0 Å². The topological polar surface area (TPSA) is 103 Å². The maximum atomic E-state index is 12.1. The van der Waals surface area contributed by atoms with Gasteiger partial charge in [-0.05, 0) is 18.2 Å². The largest absolute Gasteiger partial charge is 0.399 e. The number of halogens is 1. The van der Waals surface area contributed by atoms with Crippen molar-refractivity contribution in [1.82, 2.24) is 14.8 Å². The van der Waals surface area contributed by atoms with E-state index >= 15 is 0 Å². The summed E-state index contributed by atoms with van der Waals surface area (Å²) in [4.78, 5) is 3.66. The molecule has 96 valence electrons. The molecule has 18 heavy (non-hydrogen) atoms. The predicted molar refractivity (Wildman–Crippen MR) is 67.7 cm³/mol. The number of anilines is 2. The van der Waals surface area contributed by atoms with Crippen molar-refractivity contribution in [2.24, 2.45) is 7.05 Å². The third-order valence-electron chi connectivity index (χ3n) is 2.18. The second kappa shape index (κ2) is 4.46. The quantitative estimate of drug-likeness (QED) is 0.815. The molecule has 0 bridgehead atoms. The van der Waals surface area contributed by atoms with E-state index in [0.29, 0.717) is 5.69 Å². The van der Waals surface area contributed by atoms with Gasteiger partial charge in [0.25, 0.3) is 10.0 Å². The molecule has 0 aliphatic heterocycles. The Kier molecular flexibility index (Phi) is 3.14. The minimum Gasteiger partial charge on any atom is -0.399 e. The third kappa shape index (κ3) is 2.39. The van der Waals surface area contributed by atoms with Crippen LogP contribution in [0.25, 0.3) is 0 Å². The minimum absolute atomic E-state index is 0.0823. The number of aromatic nitrogens is 3. The lowest BCUT2D eigenvalue weighted by atomic mass is 10.3. The fourth-order valence-corrected chi connectivity index (χ4v) is 2.86. The molecule has 0 aliphatic carbocycles. The van der Waals surface area contributed by atoms with Crippen molar-refractivity contribution in [3.8, 4) is 0 Å². The molecule has 7 nitrogen and oxygen atoms in total. The molecular weight excluding hydrogens is 278 g/mol. The van der Waals surface area contributed by atoms with E-state index in [1.807, 2.05) is 0 Å². The molecule has 3 N–H and O–H groups in total. The highest BCUT2D eigenvalue weighted by atomic mass is 35.5. The second-order valence-corrected chi connectivity index (χ2v) is 5.56. The van der Waals surface area contributed by atoms with Gasteiger partial charge in [0.1, 0.15) is 11.2 Å². The fraction of sp³-hybridized carbons (Fsp3) is 0.111. The average Bonchev–Trinajstić information content (AvgIpc) is 2.67. The van der Waals surface area contributed by atoms with Crippen molar-refractivity contribution in [2.45, 2.75) is 4.90 Å². The van der Waals surface area contributed by atoms with Crippen LogP contribution >= 0.6 is 11.6 Å². The number of aryl methyl sites for hydroxylation is 1. The first kappa shape index (κ1) is 12.7. The number of nitrogens with one attached hydrogen (secondary N) is 1. The van der Waals surface area contributed by atoms with Gasteiger partial charge in [-0.15, -0.1) is 0 Å². The summed E-state index contributed by atoms with van der Waals surface area (Å²) >= 11 is 5.84. The number of rotatable bonds is 3. The highest BCUT2D eigenvalue weighted by Crippen LogP contribution is 2.25. The van der Waals surface area contributed by atoms with Gasteiger partial charge in [0.15, 0.2) is 0 Å². The summed E-state index contributed by atoms with van der Waals surface area (Å²) in [6.07, 6.45) is 1.23. The van der Waals surface area contributed by atoms with Crippen LogP contribution in [0.4, 0.5) is 11.6 Å². The Labute approximate surface area is 109 Å². The summed E-state index contributed by atoms with van der Waals surface area (Å²) in [5.41, 5.74) is 5.85. The number of nitrogen functional groups attached to an aromatic ring is 1. The molecule has 0 radical (unpaired) electrons. The van der Waals surface area contributed by atoms with Gasteiger partial charge in [-0.1, -0.05) is 11.6 Å². The molecule has 0 amide bonds. The first-order chi connectivity index (χ1) is 8.40. The molecule has 1 aromatic heterocycles. The van der Waals surface area contributed by atoms with Gasteiger partial charge in [-0.25, -0.2) is 17.8 Å². The smallest absolute Gasteiger partial charge is 0.265 e. The van der Waals surface area contributed by atoms with Crippen LogP contribution in [0.5, 0.6) is 0 Å². The van der Waals surface area contributed by atoms with Crippen LogP contribution in [0.3, 0.4) is 0 Å². The summed E-state index contributed by atoms with van der Waals surface area (Å²) in [7, 11) is -2.28. The molecule has 0 saturated heterocycles. The van der Waals surface area contributed by atoms with E-state index in [2.05, 4.69) is 14.8 Å². The molecule has 2 aromatic rings. The molecule has 0 saturated carbocycles. The van der Waals surface area contributed by atoms with E-state index in [0.717, 1.165) is 0 Å². The number of hydrogen-bond acceptors (Lipinski definition) is 5. The maximum Gasteiger partial charge on any atom is 0.265 e. The summed E-state index contributed by atoms with van der Waals surface area (Å²) in [5.74, 6) is 0.0912. The molecule has 1 aromatic carbocycles. The van der Waals surface area contributed by atoms with Crippen molar-refractivity contribution in [3.05, 3.63) is 29.5 Å². The summed E-state index contributed by atoms with van der Waals surface area (Å²) in [6, 6.07) is 4.22. The van der Waals surface area contributed by atoms with Crippen molar-refractivity contribution >= 4 is 33.3 Å². The lowest BCUT2D eigenvalue weighted by molar-refractivity contribution is 0.600. The van der Waals surface area contributed by atoms with E-state index in [9.17, 15) is 8.42 Å². The Balaban J connectivity index is 2.43. The van der Waals surface area contributed by atoms with Gasteiger partial charge < -0.3 is 5.73 Å². The third-order valence-corrected chi connectivity index (χ3v) is 3.99. The van der Waals surface area contributed by atoms with Gasteiger partial charge in [-0.2, -0.15) is 10.1 Å². The fourth-order valence-electron chi connectivity index (χ4n) is 1.29. The Morgan fingerprint density at radius 1 is 1.44 bits per heavy atom. The molecule has 0 fully saturated rings. The first-order valence-corrected chi connectivity index (χ1v) is 6.68. The lowest BCUT2D eigenvalue weighted by Gasteiger charge is -2.08. The van der Waals surface area contributed by atoms with Crippen molar-refractivity contribution in [3.63, 3.8) is 0 Å². The zero-order valence-electron chi connectivity index (χ0n) is 9.33. The Morgan fingerprint density at radius 2 is 2.17 bits per heavy atom. The van der Waals surface area contributed by atoms with Gasteiger partial charge in [0.2, 0.25) is 5.95 Å². The molecular formula is C9H10ClN5O2S. The molecule has 1 heterocycles. The van der Waals surface area contributed by atoms with Crippen LogP contribution in [0.1, 0.15) is 0 Å². The van der Waals surface area contributed by atoms with Crippen molar-refractivity contribution < 1.29 is 8.42 Å². The number of nitrogens with two attached hydrogens (primary N) is 1. The van der Waals surface area contributed by atoms with Crippen LogP contribution in [-0.2, 0) is 17.1 Å². The van der Waals surface area contributed by atoms with E-state index < -0.39 is 10.0 Å². The van der Waals surface area contributed by atoms with Crippen LogP contribution in [0.15, 0.2) is 29.4 Å². The number of nitrogens with zero attached hydrogens (tertiary/aromatic N) is 3. The number of sulfonamides is 1. The molecule has 9 heteroatoms. The van der Waals surface area contributed by atoms with Crippen LogP contribution in [0, 0.1) is 0 Å². The van der Waals surface area contributed by atoms with E-state index in [1.54, 1.807) is 7.05 Å². The van der Waals surface area contributed by atoms with Crippen LogP contribution in [-0.4, -0.2) is 23.2 Å². The molecule has 0 atom stereocenters. The van der Waals surface area contributed by atoms with E-state index in [1.165, 1.54) is 29.2 Å². The number of benzene rings is 1. The van der Waals surface area contributed by atoms with E-state index in [-0.39, 0.29) is 15.9 Å². The molecule has 0 unspecified atom stereocenters. The van der Waals surface area contributed by atoms with Crippen LogP contribution in [0.2, 0.25) is 5.02 Å². The maximum absolute atomic E-state index is 12.1. The zero-order valence-corrected chi connectivity index (χ0v) is 10.9. The Bertz CT molecular complexity index is 682. The second-order valence-electron chi connectivity index (χ2n) is 3.50. The predicted octanol–water partition coefficient (Wildman–Crippen LogP) is 0.851. The van der Waals surface area contributed by atoms with Gasteiger partial charge in [-0.3, -0.25) is 0 Å². The summed E-state index contributed by atoms with van der Waals surface area (Å²) in [6.45, 7) is 0. The van der Waals surface area contributed by atoms with E-state index in [4.69, 9.17) is 17.3 Å². The average molecular weight is 288 g/mol. The molecule has 0 spiro atoms. The number of hydrogen-bond donors (Lipinski definition) is 2. The lowest BCUT2D eigenvalue weighted by Crippen LogP contribution is -2.16. The first-order valence-electron chi connectivity index (χ1n) is 4.82. The summed E-state index contributed by atoms with van der Waals surface area (Å²) in [5, 5.41) is 3.84. The zero-order chi connectivity index (χ0) is 13.3. The highest BCUT2D eigenvalue weighted by Gasteiger charge is 2.20. The molecule has 2 rings (SSSR count). The Hall–Kier alpha value is -1.80. The van der Waals surface area contributed by atoms with Gasteiger partial charge in [0.05, 0.1) is 5.02 Å².